The maximum Gasteiger partial charge on any atom is -1.00 e. The summed E-state index contributed by atoms with van der Waals surface area (Å²) in [5, 5.41) is 0. The summed E-state index contributed by atoms with van der Waals surface area (Å²) in [6.07, 6.45) is 6.27. The molecule has 0 heterocycles. The molecule has 21 heavy (non-hydrogen) atoms. The molecular weight excluding hydrogens is 439 g/mol. The molecular formula is C17H26Cl2GeZr. The third-order valence-electron chi connectivity index (χ3n) is 4.42. The first-order valence-corrected chi connectivity index (χ1v) is 21.4. The van der Waals surface area contributed by atoms with Crippen molar-refractivity contribution in [1.29, 1.82) is 0 Å². The molecule has 0 aliphatic heterocycles. The average Bonchev–Trinajstić information content (AvgIpc) is 2.73. The molecule has 116 valence electrons. The molecule has 0 aromatic heterocycles. The van der Waals surface area contributed by atoms with E-state index < -0.39 is 28.6 Å². The zero-order chi connectivity index (χ0) is 14.3. The first-order valence-electron chi connectivity index (χ1n) is 7.27. The second-order valence-corrected chi connectivity index (χ2v) is 34.2. The van der Waals surface area contributed by atoms with Crippen molar-refractivity contribution in [2.45, 2.75) is 52.6 Å². The van der Waals surface area contributed by atoms with Gasteiger partial charge in [0.1, 0.15) is 0 Å². The molecule has 0 amide bonds. The summed E-state index contributed by atoms with van der Waals surface area (Å²) < 4.78 is 3.88. The first-order chi connectivity index (χ1) is 8.82. The van der Waals surface area contributed by atoms with Crippen LogP contribution >= 0.6 is 0 Å². The summed E-state index contributed by atoms with van der Waals surface area (Å²) in [5.74, 6) is 5.99. The maximum atomic E-state index is 2.63. The molecule has 2 rings (SSSR count). The molecule has 0 spiro atoms. The van der Waals surface area contributed by atoms with Gasteiger partial charge in [0.25, 0.3) is 0 Å². The van der Waals surface area contributed by atoms with Gasteiger partial charge in [-0.2, -0.15) is 0 Å². The van der Waals surface area contributed by atoms with Crippen molar-refractivity contribution in [3.05, 3.63) is 41.0 Å². The molecule has 2 aliphatic rings. The third-order valence-corrected chi connectivity index (χ3v) is 32.6. The van der Waals surface area contributed by atoms with E-state index >= 15 is 0 Å². The molecule has 1 unspecified atom stereocenters. The topological polar surface area (TPSA) is 0 Å². The summed E-state index contributed by atoms with van der Waals surface area (Å²) in [6, 6.07) is 0. The standard InChI is InChI=1S/C8H11.C7H9.C2H6Ge.2ClH.Zr/c1-6-4-7(2)8(3)5-6;1-6-3-4-7(2)5-6;1-3-2;;;/h4,6H,1-3H3;5H,3H2,1-2H3;1-2H3;2*1H;/q;;;;;+2/p-2. The van der Waals surface area contributed by atoms with E-state index in [4.69, 9.17) is 0 Å². The second kappa shape index (κ2) is 8.72. The van der Waals surface area contributed by atoms with Gasteiger partial charge in [0.2, 0.25) is 0 Å². The Kier molecular flexibility index (Phi) is 9.12. The van der Waals surface area contributed by atoms with E-state index in [1.165, 1.54) is 6.42 Å². The molecule has 0 aromatic rings. The fourth-order valence-electron chi connectivity index (χ4n) is 3.50. The van der Waals surface area contributed by atoms with Gasteiger partial charge in [-0.3, -0.25) is 0 Å². The average molecular weight is 465 g/mol. The van der Waals surface area contributed by atoms with Crippen LogP contribution in [0.25, 0.3) is 0 Å². The Labute approximate surface area is 151 Å². The van der Waals surface area contributed by atoms with E-state index in [0.29, 0.717) is 0 Å². The van der Waals surface area contributed by atoms with Gasteiger partial charge in [-0.15, -0.1) is 0 Å². The summed E-state index contributed by atoms with van der Waals surface area (Å²) in [6.45, 7) is 11.8. The van der Waals surface area contributed by atoms with Crippen LogP contribution in [-0.2, 0) is 18.6 Å². The van der Waals surface area contributed by atoms with Crippen LogP contribution in [0.5, 0.6) is 0 Å². The fourth-order valence-corrected chi connectivity index (χ4v) is 35.0. The SMILES string of the molecule is CC1=CC(C)=[C]([Zr+2]([C]2=C(C)C(C)=CC2C)=[Ge]([CH3])[CH3])C1.[Cl-].[Cl-]. The van der Waals surface area contributed by atoms with E-state index in [-0.39, 0.29) is 24.8 Å². The molecule has 0 N–H and O–H groups in total. The number of halogens is 2. The van der Waals surface area contributed by atoms with Crippen LogP contribution in [0.15, 0.2) is 41.0 Å². The van der Waals surface area contributed by atoms with E-state index in [9.17, 15) is 0 Å². The van der Waals surface area contributed by atoms with E-state index in [2.05, 4.69) is 58.3 Å². The van der Waals surface area contributed by atoms with Crippen LogP contribution in [0.2, 0.25) is 11.5 Å². The van der Waals surface area contributed by atoms with Crippen LogP contribution in [0.3, 0.4) is 0 Å². The molecule has 1 atom stereocenters. The summed E-state index contributed by atoms with van der Waals surface area (Å²) in [7, 11) is -0.832. The van der Waals surface area contributed by atoms with Crippen molar-refractivity contribution in [1.82, 2.24) is 0 Å². The van der Waals surface area contributed by atoms with Crippen molar-refractivity contribution >= 4 is 9.98 Å². The predicted octanol–water partition coefficient (Wildman–Crippen LogP) is -0.642. The number of rotatable bonds is 2. The molecule has 0 saturated carbocycles. The normalized spacial score (nSPS) is 20.4. The van der Waals surface area contributed by atoms with Crippen LogP contribution in [0.1, 0.15) is 41.0 Å². The molecule has 0 bridgehead atoms. The molecule has 0 fully saturated rings. The van der Waals surface area contributed by atoms with Crippen molar-refractivity contribution in [3.63, 3.8) is 0 Å². The molecule has 4 heteroatoms. The Morgan fingerprint density at radius 1 is 1.10 bits per heavy atom. The van der Waals surface area contributed by atoms with Crippen molar-refractivity contribution < 1.29 is 43.4 Å². The number of hydrogen-bond acceptors (Lipinski definition) is 0. The van der Waals surface area contributed by atoms with Gasteiger partial charge >= 0.3 is 128 Å². The minimum absolute atomic E-state index is 0. The minimum Gasteiger partial charge on any atom is -1.00 e. The zero-order valence-electron chi connectivity index (χ0n) is 14.2. The largest absolute Gasteiger partial charge is 1.00 e. The summed E-state index contributed by atoms with van der Waals surface area (Å²) in [5.41, 5.74) is 6.46. The van der Waals surface area contributed by atoms with Gasteiger partial charge in [-0.05, 0) is 0 Å². The van der Waals surface area contributed by atoms with Gasteiger partial charge in [-0.25, -0.2) is 0 Å². The van der Waals surface area contributed by atoms with Crippen molar-refractivity contribution in [2.75, 3.05) is 0 Å². The third kappa shape index (κ3) is 4.49. The summed E-state index contributed by atoms with van der Waals surface area (Å²) in [4.78, 5) is 0. The number of hydrogen-bond donors (Lipinski definition) is 0. The van der Waals surface area contributed by atoms with Gasteiger partial charge in [0.05, 0.1) is 0 Å². The Morgan fingerprint density at radius 3 is 2.00 bits per heavy atom. The van der Waals surface area contributed by atoms with Crippen LogP contribution in [0.4, 0.5) is 0 Å². The molecule has 0 aromatic carbocycles. The fraction of sp³-hybridized carbons (Fsp3) is 0.529. The Morgan fingerprint density at radius 2 is 1.67 bits per heavy atom. The molecule has 0 radical (unpaired) electrons. The Bertz CT molecular complexity index is 588. The van der Waals surface area contributed by atoms with Crippen LogP contribution < -0.4 is 24.8 Å². The van der Waals surface area contributed by atoms with Crippen LogP contribution in [-0.4, -0.2) is 9.98 Å². The monoisotopic (exact) mass is 464 g/mol. The first kappa shape index (κ1) is 22.0. The maximum absolute atomic E-state index is 2.63. The van der Waals surface area contributed by atoms with E-state index in [1.54, 1.807) is 22.3 Å². The summed E-state index contributed by atoms with van der Waals surface area (Å²) >= 11 is -1.52. The van der Waals surface area contributed by atoms with E-state index in [1.807, 2.05) is 6.56 Å². The quantitative estimate of drug-likeness (QED) is 0.477. The molecule has 0 nitrogen and oxygen atoms in total. The van der Waals surface area contributed by atoms with Gasteiger partial charge < -0.3 is 24.8 Å². The zero-order valence-corrected chi connectivity index (χ0v) is 20.3. The molecule has 0 saturated heterocycles. The molecule has 2 aliphatic carbocycles. The van der Waals surface area contributed by atoms with E-state index in [0.717, 1.165) is 5.92 Å². The van der Waals surface area contributed by atoms with Gasteiger partial charge in [0, 0.05) is 0 Å². The van der Waals surface area contributed by atoms with Crippen LogP contribution in [0, 0.1) is 5.92 Å². The van der Waals surface area contributed by atoms with Crippen molar-refractivity contribution in [2.24, 2.45) is 5.92 Å². The Balaban J connectivity index is 0.00000200. The van der Waals surface area contributed by atoms with Gasteiger partial charge in [0.15, 0.2) is 0 Å². The second-order valence-electron chi connectivity index (χ2n) is 6.38. The Hall–Kier alpha value is 0.966. The minimum atomic E-state index is -1.52. The predicted molar refractivity (Wildman–Crippen MR) is 84.2 cm³/mol. The van der Waals surface area contributed by atoms with Crippen molar-refractivity contribution in [3.8, 4) is 0 Å². The smallest absolute Gasteiger partial charge is 1.00 e. The number of allylic oxidation sites excluding steroid dienone is 8. The van der Waals surface area contributed by atoms with Gasteiger partial charge in [-0.1, -0.05) is 0 Å².